The van der Waals surface area contributed by atoms with E-state index >= 15 is 0 Å². The SMILES string of the molecule is CCCC(=O)Nc1ccc(Nc2cc(C)ccc2C)cn1. The summed E-state index contributed by atoms with van der Waals surface area (Å²) in [5.41, 5.74) is 4.36. The highest BCUT2D eigenvalue weighted by atomic mass is 16.1. The Bertz CT molecular complexity index is 620. The van der Waals surface area contributed by atoms with Gasteiger partial charge >= 0.3 is 0 Å². The minimum Gasteiger partial charge on any atom is -0.354 e. The van der Waals surface area contributed by atoms with Crippen LogP contribution in [0.4, 0.5) is 17.2 Å². The number of aromatic nitrogens is 1. The Morgan fingerprint density at radius 2 is 2.00 bits per heavy atom. The van der Waals surface area contributed by atoms with Crippen LogP contribution in [-0.2, 0) is 4.79 Å². The first-order valence-electron chi connectivity index (χ1n) is 7.18. The van der Waals surface area contributed by atoms with Crippen molar-refractivity contribution < 1.29 is 4.79 Å². The molecule has 1 aromatic carbocycles. The summed E-state index contributed by atoms with van der Waals surface area (Å²) in [5, 5.41) is 6.12. The maximum absolute atomic E-state index is 11.5. The molecule has 2 aromatic rings. The van der Waals surface area contributed by atoms with Crippen LogP contribution < -0.4 is 10.6 Å². The molecule has 0 bridgehead atoms. The van der Waals surface area contributed by atoms with Crippen molar-refractivity contribution in [2.75, 3.05) is 10.6 Å². The zero-order valence-electron chi connectivity index (χ0n) is 12.7. The van der Waals surface area contributed by atoms with Gasteiger partial charge in [0.05, 0.1) is 11.9 Å². The van der Waals surface area contributed by atoms with Gasteiger partial charge in [0.1, 0.15) is 5.82 Å². The third-order valence-electron chi connectivity index (χ3n) is 3.18. The molecule has 0 saturated heterocycles. The Hall–Kier alpha value is -2.36. The van der Waals surface area contributed by atoms with E-state index in [0.717, 1.165) is 17.8 Å². The second-order valence-corrected chi connectivity index (χ2v) is 5.17. The maximum Gasteiger partial charge on any atom is 0.225 e. The topological polar surface area (TPSA) is 54.0 Å². The van der Waals surface area contributed by atoms with E-state index in [4.69, 9.17) is 0 Å². The van der Waals surface area contributed by atoms with Crippen LogP contribution in [0, 0.1) is 13.8 Å². The molecule has 110 valence electrons. The summed E-state index contributed by atoms with van der Waals surface area (Å²) in [5.74, 6) is 0.584. The number of hydrogen-bond donors (Lipinski definition) is 2. The summed E-state index contributed by atoms with van der Waals surface area (Å²) in [6, 6.07) is 10.00. The molecule has 2 N–H and O–H groups in total. The van der Waals surface area contributed by atoms with Crippen molar-refractivity contribution in [2.45, 2.75) is 33.6 Å². The number of aryl methyl sites for hydroxylation is 2. The lowest BCUT2D eigenvalue weighted by Crippen LogP contribution is -2.11. The Labute approximate surface area is 125 Å². The number of anilines is 3. The van der Waals surface area contributed by atoms with Gasteiger partial charge < -0.3 is 10.6 Å². The van der Waals surface area contributed by atoms with E-state index < -0.39 is 0 Å². The van der Waals surface area contributed by atoms with Crippen LogP contribution in [0.15, 0.2) is 36.5 Å². The molecule has 2 rings (SSSR count). The van der Waals surface area contributed by atoms with Gasteiger partial charge in [0.25, 0.3) is 0 Å². The standard InChI is InChI=1S/C17H21N3O/c1-4-5-17(21)20-16-9-8-14(11-18-16)19-15-10-12(2)6-7-13(15)3/h6-11,19H,4-5H2,1-3H3,(H,18,20,21). The lowest BCUT2D eigenvalue weighted by atomic mass is 10.1. The number of benzene rings is 1. The van der Waals surface area contributed by atoms with Gasteiger partial charge in [-0.25, -0.2) is 4.98 Å². The lowest BCUT2D eigenvalue weighted by molar-refractivity contribution is -0.116. The number of carbonyl (C=O) groups is 1. The second-order valence-electron chi connectivity index (χ2n) is 5.17. The number of carbonyl (C=O) groups excluding carboxylic acids is 1. The van der Waals surface area contributed by atoms with Crippen molar-refractivity contribution in [3.05, 3.63) is 47.7 Å². The monoisotopic (exact) mass is 283 g/mol. The molecule has 0 aliphatic carbocycles. The van der Waals surface area contributed by atoms with E-state index in [1.165, 1.54) is 11.1 Å². The minimum atomic E-state index is 0.000220. The minimum absolute atomic E-state index is 0.000220. The van der Waals surface area contributed by atoms with Crippen molar-refractivity contribution in [3.63, 3.8) is 0 Å². The normalized spacial score (nSPS) is 10.2. The quantitative estimate of drug-likeness (QED) is 0.865. The van der Waals surface area contributed by atoms with Crippen molar-refractivity contribution in [1.29, 1.82) is 0 Å². The van der Waals surface area contributed by atoms with Crippen molar-refractivity contribution in [3.8, 4) is 0 Å². The molecule has 0 saturated carbocycles. The first-order chi connectivity index (χ1) is 10.1. The van der Waals surface area contributed by atoms with Crippen LogP contribution in [0.1, 0.15) is 30.9 Å². The van der Waals surface area contributed by atoms with E-state index in [-0.39, 0.29) is 5.91 Å². The number of amides is 1. The van der Waals surface area contributed by atoms with E-state index in [1.54, 1.807) is 12.3 Å². The van der Waals surface area contributed by atoms with Crippen molar-refractivity contribution in [1.82, 2.24) is 4.98 Å². The third kappa shape index (κ3) is 4.31. The van der Waals surface area contributed by atoms with Gasteiger partial charge in [-0.2, -0.15) is 0 Å². The smallest absolute Gasteiger partial charge is 0.225 e. The van der Waals surface area contributed by atoms with E-state index in [2.05, 4.69) is 47.7 Å². The molecule has 0 unspecified atom stereocenters. The van der Waals surface area contributed by atoms with Gasteiger partial charge in [-0.15, -0.1) is 0 Å². The number of rotatable bonds is 5. The molecule has 0 spiro atoms. The molecule has 1 heterocycles. The molecule has 4 heteroatoms. The van der Waals surface area contributed by atoms with Crippen LogP contribution in [-0.4, -0.2) is 10.9 Å². The highest BCUT2D eigenvalue weighted by Gasteiger charge is 2.03. The average molecular weight is 283 g/mol. The predicted molar refractivity (Wildman–Crippen MR) is 87.0 cm³/mol. The fraction of sp³-hybridized carbons (Fsp3) is 0.294. The molecule has 0 aliphatic rings. The van der Waals surface area contributed by atoms with Gasteiger partial charge in [-0.05, 0) is 49.6 Å². The lowest BCUT2D eigenvalue weighted by Gasteiger charge is -2.11. The molecule has 0 fully saturated rings. The Morgan fingerprint density at radius 1 is 1.19 bits per heavy atom. The summed E-state index contributed by atoms with van der Waals surface area (Å²) >= 11 is 0. The van der Waals surface area contributed by atoms with Crippen molar-refractivity contribution >= 4 is 23.1 Å². The summed E-state index contributed by atoms with van der Waals surface area (Å²) in [4.78, 5) is 15.8. The highest BCUT2D eigenvalue weighted by Crippen LogP contribution is 2.21. The first-order valence-corrected chi connectivity index (χ1v) is 7.18. The second kappa shape index (κ2) is 6.88. The Kier molecular flexibility index (Phi) is 4.93. The molecule has 0 atom stereocenters. The summed E-state index contributed by atoms with van der Waals surface area (Å²) < 4.78 is 0. The number of pyridine rings is 1. The summed E-state index contributed by atoms with van der Waals surface area (Å²) in [6.07, 6.45) is 3.08. The predicted octanol–water partition coefficient (Wildman–Crippen LogP) is 4.18. The zero-order valence-corrected chi connectivity index (χ0v) is 12.7. The van der Waals surface area contributed by atoms with Crippen LogP contribution in [0.3, 0.4) is 0 Å². The van der Waals surface area contributed by atoms with Crippen LogP contribution in [0.5, 0.6) is 0 Å². The van der Waals surface area contributed by atoms with Gasteiger partial charge in [-0.3, -0.25) is 4.79 Å². The Balaban J connectivity index is 2.05. The van der Waals surface area contributed by atoms with Crippen LogP contribution >= 0.6 is 0 Å². The molecule has 4 nitrogen and oxygen atoms in total. The molecule has 1 aromatic heterocycles. The van der Waals surface area contributed by atoms with Crippen molar-refractivity contribution in [2.24, 2.45) is 0 Å². The summed E-state index contributed by atoms with van der Waals surface area (Å²) in [6.45, 7) is 6.11. The van der Waals surface area contributed by atoms with E-state index in [9.17, 15) is 4.79 Å². The van der Waals surface area contributed by atoms with Gasteiger partial charge in [-0.1, -0.05) is 19.1 Å². The molecular weight excluding hydrogens is 262 g/mol. The average Bonchev–Trinajstić information content (AvgIpc) is 2.45. The fourth-order valence-corrected chi connectivity index (χ4v) is 2.00. The third-order valence-corrected chi connectivity index (χ3v) is 3.18. The summed E-state index contributed by atoms with van der Waals surface area (Å²) in [7, 11) is 0. The molecule has 21 heavy (non-hydrogen) atoms. The molecule has 0 radical (unpaired) electrons. The highest BCUT2D eigenvalue weighted by molar-refractivity contribution is 5.89. The molecule has 1 amide bonds. The van der Waals surface area contributed by atoms with Gasteiger partial charge in [0.15, 0.2) is 0 Å². The van der Waals surface area contributed by atoms with E-state index in [0.29, 0.717) is 12.2 Å². The molecule has 0 aliphatic heterocycles. The van der Waals surface area contributed by atoms with Crippen LogP contribution in [0.2, 0.25) is 0 Å². The maximum atomic E-state index is 11.5. The van der Waals surface area contributed by atoms with Crippen LogP contribution in [0.25, 0.3) is 0 Å². The first kappa shape index (κ1) is 15.0. The number of nitrogens with one attached hydrogen (secondary N) is 2. The number of hydrogen-bond acceptors (Lipinski definition) is 3. The largest absolute Gasteiger partial charge is 0.354 e. The van der Waals surface area contributed by atoms with Gasteiger partial charge in [0.2, 0.25) is 5.91 Å². The van der Waals surface area contributed by atoms with Gasteiger partial charge in [0, 0.05) is 12.1 Å². The number of nitrogens with zero attached hydrogens (tertiary/aromatic N) is 1. The molecular formula is C17H21N3O. The van der Waals surface area contributed by atoms with E-state index in [1.807, 2.05) is 13.0 Å². The fourth-order valence-electron chi connectivity index (χ4n) is 2.00. The zero-order chi connectivity index (χ0) is 15.2. The Morgan fingerprint density at radius 3 is 2.67 bits per heavy atom.